The zero-order chi connectivity index (χ0) is 38.8. The average molecular weight is 735 g/mol. The summed E-state index contributed by atoms with van der Waals surface area (Å²) < 4.78 is 20.9. The SMILES string of the molecule is COc1ccc(C(=O)Nc2ccc(C(C)(C)C#N)c(-c3cccs3)c2)cc1OC.COc1ccc(C(=O)Nc2ccc(C(C)(C)CN)cc2)cc1OC. The van der Waals surface area contributed by atoms with Crippen LogP contribution in [0.25, 0.3) is 10.4 Å². The number of anilines is 2. The molecule has 0 bridgehead atoms. The minimum Gasteiger partial charge on any atom is -0.493 e. The summed E-state index contributed by atoms with van der Waals surface area (Å²) in [6, 6.07) is 29.8. The predicted octanol–water partition coefficient (Wildman–Crippen LogP) is 8.68. The fraction of sp³-hybridized carbons (Fsp3) is 0.262. The minimum atomic E-state index is -0.648. The third-order valence-electron chi connectivity index (χ3n) is 8.74. The molecular formula is C42H46N4O6S. The number of nitrogens with zero attached hydrogens (tertiary/aromatic N) is 1. The van der Waals surface area contributed by atoms with Gasteiger partial charge in [0.2, 0.25) is 0 Å². The van der Waals surface area contributed by atoms with Gasteiger partial charge in [-0.05, 0) is 103 Å². The molecule has 1 aromatic heterocycles. The van der Waals surface area contributed by atoms with E-state index in [0.29, 0.717) is 46.4 Å². The Hall–Kier alpha value is -5.83. The number of thiophene rings is 1. The third kappa shape index (κ3) is 9.74. The lowest BCUT2D eigenvalue weighted by atomic mass is 9.82. The molecule has 0 unspecified atom stereocenters. The Labute approximate surface area is 315 Å². The van der Waals surface area contributed by atoms with Crippen molar-refractivity contribution in [1.82, 2.24) is 0 Å². The van der Waals surface area contributed by atoms with Crippen molar-refractivity contribution in [2.24, 2.45) is 5.73 Å². The van der Waals surface area contributed by atoms with Crippen molar-refractivity contribution in [3.8, 4) is 39.5 Å². The van der Waals surface area contributed by atoms with E-state index in [1.165, 1.54) is 14.2 Å². The average Bonchev–Trinajstić information content (AvgIpc) is 3.73. The van der Waals surface area contributed by atoms with Gasteiger partial charge in [-0.1, -0.05) is 38.1 Å². The summed E-state index contributed by atoms with van der Waals surface area (Å²) in [7, 11) is 6.18. The molecule has 0 aliphatic rings. The molecule has 11 heteroatoms. The second-order valence-corrected chi connectivity index (χ2v) is 14.1. The maximum Gasteiger partial charge on any atom is 0.255 e. The first-order valence-electron chi connectivity index (χ1n) is 16.8. The summed E-state index contributed by atoms with van der Waals surface area (Å²) in [5, 5.41) is 17.4. The normalized spacial score (nSPS) is 10.9. The number of nitrogens with one attached hydrogen (secondary N) is 2. The van der Waals surface area contributed by atoms with E-state index in [4.69, 9.17) is 24.7 Å². The molecule has 0 spiro atoms. The van der Waals surface area contributed by atoms with Crippen LogP contribution in [0.15, 0.2) is 96.4 Å². The quantitative estimate of drug-likeness (QED) is 0.116. The smallest absolute Gasteiger partial charge is 0.255 e. The molecule has 276 valence electrons. The number of carbonyl (C=O) groups excluding carboxylic acids is 2. The predicted molar refractivity (Wildman–Crippen MR) is 212 cm³/mol. The molecule has 53 heavy (non-hydrogen) atoms. The third-order valence-corrected chi connectivity index (χ3v) is 9.65. The molecule has 4 N–H and O–H groups in total. The van der Waals surface area contributed by atoms with Crippen LogP contribution in [-0.2, 0) is 10.8 Å². The Morgan fingerprint density at radius 1 is 0.698 bits per heavy atom. The molecule has 1 heterocycles. The van der Waals surface area contributed by atoms with Crippen LogP contribution in [0.1, 0.15) is 59.5 Å². The maximum atomic E-state index is 12.8. The number of nitrogens with two attached hydrogens (primary N) is 1. The molecule has 0 saturated carbocycles. The van der Waals surface area contributed by atoms with Gasteiger partial charge < -0.3 is 35.3 Å². The Morgan fingerprint density at radius 3 is 1.66 bits per heavy atom. The van der Waals surface area contributed by atoms with E-state index >= 15 is 0 Å². The molecule has 0 fully saturated rings. The van der Waals surface area contributed by atoms with Gasteiger partial charge in [-0.2, -0.15) is 5.26 Å². The number of hydrogen-bond donors (Lipinski definition) is 3. The molecule has 0 radical (unpaired) electrons. The van der Waals surface area contributed by atoms with Crippen molar-refractivity contribution < 1.29 is 28.5 Å². The number of hydrogen-bond acceptors (Lipinski definition) is 9. The van der Waals surface area contributed by atoms with E-state index in [0.717, 1.165) is 27.3 Å². The standard InChI is InChI=1S/C23H22N2O3S.C19H24N2O3/c1-23(2,14-24)18-9-8-16(13-17(18)21-6-5-11-29-21)25-22(26)15-7-10-19(27-3)20(12-15)28-4;1-19(2,12-20)14-6-8-15(9-7-14)21-18(22)13-5-10-16(23-3)17(11-13)24-4/h5-13H,1-4H3,(H,25,26);5-11H,12,20H2,1-4H3,(H,21,22). The van der Waals surface area contributed by atoms with E-state index in [1.807, 2.05) is 73.8 Å². The molecule has 5 rings (SSSR count). The number of rotatable bonds is 12. The number of carbonyl (C=O) groups is 2. The molecule has 10 nitrogen and oxygen atoms in total. The summed E-state index contributed by atoms with van der Waals surface area (Å²) in [4.78, 5) is 26.2. The summed E-state index contributed by atoms with van der Waals surface area (Å²) in [5.74, 6) is 1.70. The highest BCUT2D eigenvalue weighted by Gasteiger charge is 2.25. The van der Waals surface area contributed by atoms with Gasteiger partial charge >= 0.3 is 0 Å². The Bertz CT molecular complexity index is 2070. The molecular weight excluding hydrogens is 689 g/mol. The zero-order valence-electron chi connectivity index (χ0n) is 31.3. The lowest BCUT2D eigenvalue weighted by molar-refractivity contribution is 0.101. The van der Waals surface area contributed by atoms with Crippen LogP contribution in [0.5, 0.6) is 23.0 Å². The van der Waals surface area contributed by atoms with Gasteiger partial charge in [0, 0.05) is 39.3 Å². The first-order valence-corrected chi connectivity index (χ1v) is 17.7. The lowest BCUT2D eigenvalue weighted by Gasteiger charge is -2.23. The summed E-state index contributed by atoms with van der Waals surface area (Å²) >= 11 is 1.60. The van der Waals surface area contributed by atoms with Crippen molar-refractivity contribution in [2.45, 2.75) is 38.5 Å². The van der Waals surface area contributed by atoms with Crippen LogP contribution in [0.3, 0.4) is 0 Å². The molecule has 4 aromatic carbocycles. The van der Waals surface area contributed by atoms with Crippen LogP contribution in [0, 0.1) is 11.3 Å². The highest BCUT2D eigenvalue weighted by Crippen LogP contribution is 2.37. The zero-order valence-corrected chi connectivity index (χ0v) is 32.1. The molecule has 0 aliphatic heterocycles. The summed E-state index contributed by atoms with van der Waals surface area (Å²) in [6.07, 6.45) is 0. The van der Waals surface area contributed by atoms with Gasteiger partial charge in [-0.15, -0.1) is 11.3 Å². The molecule has 0 atom stereocenters. The molecule has 2 amide bonds. The Kier molecular flexibility index (Phi) is 13.3. The largest absolute Gasteiger partial charge is 0.493 e. The van der Waals surface area contributed by atoms with Gasteiger partial charge in [-0.25, -0.2) is 0 Å². The van der Waals surface area contributed by atoms with Crippen molar-refractivity contribution in [3.63, 3.8) is 0 Å². The fourth-order valence-corrected chi connectivity index (χ4v) is 6.10. The van der Waals surface area contributed by atoms with Gasteiger partial charge in [0.05, 0.1) is 39.9 Å². The van der Waals surface area contributed by atoms with Gasteiger partial charge in [0.15, 0.2) is 23.0 Å². The maximum absolute atomic E-state index is 12.8. The number of methoxy groups -OCH3 is 4. The molecule has 0 saturated heterocycles. The Balaban J connectivity index is 0.000000241. The number of ether oxygens (including phenoxy) is 4. The van der Waals surface area contributed by atoms with E-state index in [2.05, 4.69) is 30.6 Å². The van der Waals surface area contributed by atoms with E-state index < -0.39 is 5.41 Å². The van der Waals surface area contributed by atoms with Crippen molar-refractivity contribution >= 4 is 34.5 Å². The van der Waals surface area contributed by atoms with Crippen LogP contribution in [0.4, 0.5) is 11.4 Å². The number of nitriles is 1. The van der Waals surface area contributed by atoms with Crippen LogP contribution in [-0.4, -0.2) is 46.8 Å². The molecule has 0 aliphatic carbocycles. The summed E-state index contributed by atoms with van der Waals surface area (Å²) in [5.41, 5.74) is 10.4. The van der Waals surface area contributed by atoms with Crippen molar-refractivity contribution in [3.05, 3.63) is 119 Å². The van der Waals surface area contributed by atoms with E-state index in [9.17, 15) is 14.9 Å². The van der Waals surface area contributed by atoms with E-state index in [-0.39, 0.29) is 17.2 Å². The number of benzene rings is 4. The minimum absolute atomic E-state index is 0.0914. The number of amides is 2. The van der Waals surface area contributed by atoms with E-state index in [1.54, 1.807) is 62.0 Å². The second kappa shape index (κ2) is 17.6. The van der Waals surface area contributed by atoms with Crippen LogP contribution < -0.4 is 35.3 Å². The summed E-state index contributed by atoms with van der Waals surface area (Å²) in [6.45, 7) is 8.52. The highest BCUT2D eigenvalue weighted by molar-refractivity contribution is 7.13. The Morgan fingerprint density at radius 2 is 1.21 bits per heavy atom. The highest BCUT2D eigenvalue weighted by atomic mass is 32.1. The van der Waals surface area contributed by atoms with Gasteiger partial charge in [-0.3, -0.25) is 9.59 Å². The fourth-order valence-electron chi connectivity index (χ4n) is 5.35. The van der Waals surface area contributed by atoms with Gasteiger partial charge in [0.1, 0.15) is 0 Å². The van der Waals surface area contributed by atoms with Gasteiger partial charge in [0.25, 0.3) is 11.8 Å². The lowest BCUT2D eigenvalue weighted by Crippen LogP contribution is -2.27. The van der Waals surface area contributed by atoms with Crippen LogP contribution in [0.2, 0.25) is 0 Å². The van der Waals surface area contributed by atoms with Crippen molar-refractivity contribution in [2.75, 3.05) is 45.6 Å². The van der Waals surface area contributed by atoms with Crippen molar-refractivity contribution in [1.29, 1.82) is 5.26 Å². The first-order chi connectivity index (χ1) is 25.3. The second-order valence-electron chi connectivity index (χ2n) is 13.2. The molecule has 5 aromatic rings. The first kappa shape index (κ1) is 39.9. The topological polar surface area (TPSA) is 145 Å². The monoisotopic (exact) mass is 734 g/mol. The van der Waals surface area contributed by atoms with Crippen LogP contribution >= 0.6 is 11.3 Å².